The van der Waals surface area contributed by atoms with E-state index in [1.165, 1.54) is 11.1 Å². The van der Waals surface area contributed by atoms with Gasteiger partial charge in [0.15, 0.2) is 0 Å². The van der Waals surface area contributed by atoms with Gasteiger partial charge in [-0.1, -0.05) is 49.2 Å². The van der Waals surface area contributed by atoms with Gasteiger partial charge in [-0.05, 0) is 92.4 Å². The van der Waals surface area contributed by atoms with Gasteiger partial charge in [0.05, 0.1) is 30.1 Å². The molecule has 0 aromatic rings. The Balaban J connectivity index is 4.15. The molecule has 0 saturated carbocycles. The standard InChI is InChI=1S/C29H55NO3S/c1-24(12-11-13-25(2)16-17-27(4,5)6)14-15-26(3)30-33-21-19-29(9,10)31-20-18-28(7,8)32-22-23-34/h12,16,34H,11,13-15,17-23H2,1-10H3/b24-12+,25-16+,30-26+. The smallest absolute Gasteiger partial charge is 0.119 e. The summed E-state index contributed by atoms with van der Waals surface area (Å²) in [5, 5.41) is 4.31. The molecule has 0 aromatic carbocycles. The van der Waals surface area contributed by atoms with E-state index in [2.05, 4.69) is 92.3 Å². The Labute approximate surface area is 217 Å². The van der Waals surface area contributed by atoms with E-state index in [1.54, 1.807) is 0 Å². The molecule has 0 fully saturated rings. The van der Waals surface area contributed by atoms with E-state index in [4.69, 9.17) is 14.3 Å². The maximum atomic E-state index is 6.08. The highest BCUT2D eigenvalue weighted by Gasteiger charge is 2.22. The van der Waals surface area contributed by atoms with Gasteiger partial charge in [-0.25, -0.2) is 0 Å². The maximum absolute atomic E-state index is 6.08. The van der Waals surface area contributed by atoms with Crippen LogP contribution in [-0.2, 0) is 14.3 Å². The van der Waals surface area contributed by atoms with Crippen LogP contribution in [0.25, 0.3) is 0 Å². The Hall–Kier alpha value is -0.780. The highest BCUT2D eigenvalue weighted by molar-refractivity contribution is 7.80. The number of hydrogen-bond donors (Lipinski definition) is 1. The second-order valence-electron chi connectivity index (χ2n) is 12.0. The third-order valence-electron chi connectivity index (χ3n) is 5.77. The predicted molar refractivity (Wildman–Crippen MR) is 152 cm³/mol. The molecule has 0 spiro atoms. The fourth-order valence-electron chi connectivity index (χ4n) is 3.14. The number of thiol groups is 1. The van der Waals surface area contributed by atoms with Crippen molar-refractivity contribution in [3.05, 3.63) is 23.3 Å². The zero-order valence-electron chi connectivity index (χ0n) is 24.1. The summed E-state index contributed by atoms with van der Waals surface area (Å²) in [4.78, 5) is 5.58. The molecule has 5 heteroatoms. The molecule has 0 atom stereocenters. The minimum atomic E-state index is -0.248. The molecule has 0 saturated heterocycles. The van der Waals surface area contributed by atoms with Crippen LogP contribution >= 0.6 is 12.6 Å². The van der Waals surface area contributed by atoms with Gasteiger partial charge in [-0.3, -0.25) is 0 Å². The van der Waals surface area contributed by atoms with Crippen molar-refractivity contribution in [3.8, 4) is 0 Å². The van der Waals surface area contributed by atoms with Gasteiger partial charge in [-0.15, -0.1) is 0 Å². The first-order valence-corrected chi connectivity index (χ1v) is 13.6. The van der Waals surface area contributed by atoms with Crippen LogP contribution in [0.3, 0.4) is 0 Å². The lowest BCUT2D eigenvalue weighted by molar-refractivity contribution is -0.0775. The number of ether oxygens (including phenoxy) is 2. The molecule has 0 rings (SSSR count). The monoisotopic (exact) mass is 497 g/mol. The fourth-order valence-corrected chi connectivity index (χ4v) is 3.23. The summed E-state index contributed by atoms with van der Waals surface area (Å²) in [5.74, 6) is 0.734. The SMILES string of the molecule is C/C(=C\CC(C)(C)C)CC/C=C(\C)CC/C(C)=N/OCCC(C)(C)OCCC(C)(C)OCCS. The summed E-state index contributed by atoms with van der Waals surface area (Å²) in [7, 11) is 0. The summed E-state index contributed by atoms with van der Waals surface area (Å²) in [6, 6.07) is 0. The van der Waals surface area contributed by atoms with E-state index in [9.17, 15) is 0 Å². The van der Waals surface area contributed by atoms with Crippen LogP contribution in [0.1, 0.15) is 114 Å². The molecule has 0 radical (unpaired) electrons. The molecule has 0 aromatic heterocycles. The topological polar surface area (TPSA) is 40.0 Å². The highest BCUT2D eigenvalue weighted by atomic mass is 32.1. The summed E-state index contributed by atoms with van der Waals surface area (Å²) >= 11 is 4.20. The van der Waals surface area contributed by atoms with Gasteiger partial charge in [0.25, 0.3) is 0 Å². The third kappa shape index (κ3) is 20.6. The van der Waals surface area contributed by atoms with Crippen LogP contribution in [0.4, 0.5) is 0 Å². The highest BCUT2D eigenvalue weighted by Crippen LogP contribution is 2.22. The van der Waals surface area contributed by atoms with Crippen LogP contribution in [0.2, 0.25) is 0 Å². The number of rotatable bonds is 18. The van der Waals surface area contributed by atoms with Crippen molar-refractivity contribution in [2.75, 3.05) is 25.6 Å². The largest absolute Gasteiger partial charge is 0.396 e. The van der Waals surface area contributed by atoms with E-state index in [-0.39, 0.29) is 11.2 Å². The van der Waals surface area contributed by atoms with Gasteiger partial charge in [0, 0.05) is 12.2 Å². The van der Waals surface area contributed by atoms with Crippen LogP contribution in [0.5, 0.6) is 0 Å². The van der Waals surface area contributed by atoms with Crippen LogP contribution in [0, 0.1) is 5.41 Å². The number of allylic oxidation sites excluding steroid dienone is 4. The minimum absolute atomic E-state index is 0.189. The molecule has 0 aliphatic heterocycles. The van der Waals surface area contributed by atoms with Gasteiger partial charge in [0.2, 0.25) is 0 Å². The number of oxime groups is 1. The Bertz CT molecular complexity index is 642. The fraction of sp³-hybridized carbons (Fsp3) is 0.828. The summed E-state index contributed by atoms with van der Waals surface area (Å²) in [5.41, 5.74) is 3.88. The molecule has 0 heterocycles. The quantitative estimate of drug-likeness (QED) is 0.0677. The average Bonchev–Trinajstić information content (AvgIpc) is 2.71. The molecule has 0 aliphatic carbocycles. The van der Waals surface area contributed by atoms with Gasteiger partial charge in [0.1, 0.15) is 6.61 Å². The zero-order valence-corrected chi connectivity index (χ0v) is 24.9. The Morgan fingerprint density at radius 1 is 0.735 bits per heavy atom. The molecule has 0 bridgehead atoms. The summed E-state index contributed by atoms with van der Waals surface area (Å²) < 4.78 is 11.9. The lowest BCUT2D eigenvalue weighted by Gasteiger charge is -2.29. The molecule has 34 heavy (non-hydrogen) atoms. The molecule has 0 amide bonds. The molecule has 0 aliphatic rings. The van der Waals surface area contributed by atoms with Gasteiger partial charge >= 0.3 is 0 Å². The van der Waals surface area contributed by atoms with Crippen molar-refractivity contribution in [2.24, 2.45) is 10.6 Å². The van der Waals surface area contributed by atoms with Crippen LogP contribution in [0.15, 0.2) is 28.5 Å². The summed E-state index contributed by atoms with van der Waals surface area (Å²) in [6.07, 6.45) is 11.8. The maximum Gasteiger partial charge on any atom is 0.119 e. The van der Waals surface area contributed by atoms with Crippen molar-refractivity contribution in [3.63, 3.8) is 0 Å². The molecular weight excluding hydrogens is 442 g/mol. The number of nitrogens with zero attached hydrogens (tertiary/aromatic N) is 1. The van der Waals surface area contributed by atoms with Crippen molar-refractivity contribution >= 4 is 18.3 Å². The minimum Gasteiger partial charge on any atom is -0.396 e. The van der Waals surface area contributed by atoms with Crippen molar-refractivity contribution in [1.82, 2.24) is 0 Å². The Morgan fingerprint density at radius 3 is 1.88 bits per heavy atom. The third-order valence-corrected chi connectivity index (χ3v) is 5.95. The molecule has 0 N–H and O–H groups in total. The first kappa shape index (κ1) is 33.2. The Morgan fingerprint density at radius 2 is 1.29 bits per heavy atom. The summed E-state index contributed by atoms with van der Waals surface area (Å²) in [6.45, 7) is 23.6. The van der Waals surface area contributed by atoms with Crippen molar-refractivity contribution in [2.45, 2.75) is 125 Å². The molecule has 0 unspecified atom stereocenters. The predicted octanol–water partition coefficient (Wildman–Crippen LogP) is 8.57. The van der Waals surface area contributed by atoms with Gasteiger partial charge in [-0.2, -0.15) is 12.6 Å². The lowest BCUT2D eigenvalue weighted by atomic mass is 9.91. The van der Waals surface area contributed by atoms with Crippen LogP contribution in [-0.4, -0.2) is 42.5 Å². The first-order chi connectivity index (χ1) is 15.7. The van der Waals surface area contributed by atoms with E-state index >= 15 is 0 Å². The second kappa shape index (κ2) is 16.8. The zero-order chi connectivity index (χ0) is 26.3. The van der Waals surface area contributed by atoms with Gasteiger partial charge < -0.3 is 14.3 Å². The second-order valence-corrected chi connectivity index (χ2v) is 12.5. The van der Waals surface area contributed by atoms with Crippen molar-refractivity contribution in [1.29, 1.82) is 0 Å². The normalized spacial score (nSPS) is 14.6. The van der Waals surface area contributed by atoms with Crippen molar-refractivity contribution < 1.29 is 14.3 Å². The lowest BCUT2D eigenvalue weighted by Crippen LogP contribution is -2.32. The average molecular weight is 498 g/mol. The molecule has 4 nitrogen and oxygen atoms in total. The number of hydrogen-bond acceptors (Lipinski definition) is 5. The first-order valence-electron chi connectivity index (χ1n) is 13.0. The van der Waals surface area contributed by atoms with E-state index < -0.39 is 0 Å². The van der Waals surface area contributed by atoms with E-state index in [0.717, 1.165) is 56.4 Å². The van der Waals surface area contributed by atoms with Crippen LogP contribution < -0.4 is 0 Å². The Kier molecular flexibility index (Phi) is 16.4. The molecule has 200 valence electrons. The van der Waals surface area contributed by atoms with E-state index in [1.807, 2.05) is 6.92 Å². The molecular formula is C29H55NO3S. The van der Waals surface area contributed by atoms with E-state index in [0.29, 0.717) is 25.2 Å².